The number of hydrogen-bond donors (Lipinski definition) is 0. The second-order valence-electron chi connectivity index (χ2n) is 4.45. The highest BCUT2D eigenvalue weighted by molar-refractivity contribution is 8.00. The van der Waals surface area contributed by atoms with Crippen LogP contribution in [0.4, 0.5) is 5.69 Å². The van der Waals surface area contributed by atoms with E-state index in [0.717, 1.165) is 10.6 Å². The van der Waals surface area contributed by atoms with Crippen molar-refractivity contribution in [3.63, 3.8) is 0 Å². The van der Waals surface area contributed by atoms with Gasteiger partial charge in [0.05, 0.1) is 5.25 Å². The first-order valence-electron chi connectivity index (χ1n) is 6.33. The van der Waals surface area contributed by atoms with Crippen LogP contribution < -0.4 is 4.90 Å². The van der Waals surface area contributed by atoms with E-state index >= 15 is 0 Å². The molecule has 0 fully saturated rings. The molecule has 2 aromatic carbocycles. The summed E-state index contributed by atoms with van der Waals surface area (Å²) in [4.78, 5) is 15.1. The minimum atomic E-state index is -0.151. The third kappa shape index (κ3) is 3.78. The lowest BCUT2D eigenvalue weighted by Gasteiger charge is -2.21. The fraction of sp³-hybridized carbons (Fsp3) is 0.188. The largest absolute Gasteiger partial charge is 0.315 e. The molecule has 0 aliphatic carbocycles. The predicted octanol–water partition coefficient (Wildman–Crippen LogP) is 4.48. The Morgan fingerprint density at radius 3 is 2.30 bits per heavy atom. The molecule has 0 saturated carbocycles. The third-order valence-electron chi connectivity index (χ3n) is 2.95. The molecule has 0 spiro atoms. The van der Waals surface area contributed by atoms with Gasteiger partial charge in [0.1, 0.15) is 0 Å². The Bertz CT molecular complexity index is 571. The Balaban J connectivity index is 2.03. The van der Waals surface area contributed by atoms with Gasteiger partial charge in [-0.25, -0.2) is 0 Å². The zero-order valence-electron chi connectivity index (χ0n) is 11.4. The van der Waals surface area contributed by atoms with Gasteiger partial charge < -0.3 is 4.90 Å². The van der Waals surface area contributed by atoms with Crippen molar-refractivity contribution in [2.24, 2.45) is 0 Å². The summed E-state index contributed by atoms with van der Waals surface area (Å²) >= 11 is 7.39. The maximum atomic E-state index is 12.4. The van der Waals surface area contributed by atoms with Crippen LogP contribution in [0.1, 0.15) is 6.92 Å². The van der Waals surface area contributed by atoms with Gasteiger partial charge >= 0.3 is 0 Å². The molecule has 0 bridgehead atoms. The molecule has 0 heterocycles. The average Bonchev–Trinajstić information content (AvgIpc) is 2.49. The Hall–Kier alpha value is -1.45. The number of nitrogens with zero attached hydrogens (tertiary/aromatic N) is 1. The summed E-state index contributed by atoms with van der Waals surface area (Å²) < 4.78 is 0. The molecule has 4 heteroatoms. The topological polar surface area (TPSA) is 20.3 Å². The van der Waals surface area contributed by atoms with Crippen molar-refractivity contribution in [1.29, 1.82) is 0 Å². The van der Waals surface area contributed by atoms with Crippen molar-refractivity contribution >= 4 is 35.0 Å². The number of anilines is 1. The lowest BCUT2D eigenvalue weighted by atomic mass is 10.3. The smallest absolute Gasteiger partial charge is 0.239 e. The maximum Gasteiger partial charge on any atom is 0.239 e. The van der Waals surface area contributed by atoms with Crippen LogP contribution in [-0.4, -0.2) is 18.2 Å². The van der Waals surface area contributed by atoms with Gasteiger partial charge in [0.15, 0.2) is 0 Å². The number of amides is 1. The number of benzene rings is 2. The maximum absolute atomic E-state index is 12.4. The van der Waals surface area contributed by atoms with Crippen molar-refractivity contribution in [2.75, 3.05) is 11.9 Å². The Morgan fingerprint density at radius 1 is 1.10 bits per heavy atom. The van der Waals surface area contributed by atoms with Gasteiger partial charge in [-0.2, -0.15) is 0 Å². The standard InChI is InChI=1S/C16H16ClNOS/c1-12(20-15-10-8-13(17)9-11-15)16(19)18(2)14-6-4-3-5-7-14/h3-12H,1-2H3/t12-/m0/s1. The summed E-state index contributed by atoms with van der Waals surface area (Å²) in [6.45, 7) is 1.92. The molecule has 20 heavy (non-hydrogen) atoms. The fourth-order valence-corrected chi connectivity index (χ4v) is 2.91. The number of para-hydroxylation sites is 1. The van der Waals surface area contributed by atoms with Gasteiger partial charge in [-0.3, -0.25) is 4.79 Å². The van der Waals surface area contributed by atoms with Gasteiger partial charge in [-0.15, -0.1) is 11.8 Å². The quantitative estimate of drug-likeness (QED) is 0.776. The summed E-state index contributed by atoms with van der Waals surface area (Å²) in [7, 11) is 1.80. The molecule has 2 aromatic rings. The number of rotatable bonds is 4. The van der Waals surface area contributed by atoms with Crippen molar-refractivity contribution < 1.29 is 4.79 Å². The Morgan fingerprint density at radius 2 is 1.70 bits per heavy atom. The molecule has 1 amide bonds. The lowest BCUT2D eigenvalue weighted by Crippen LogP contribution is -2.33. The Kier molecular flexibility index (Phi) is 5.10. The summed E-state index contributed by atoms with van der Waals surface area (Å²) in [5.74, 6) is 0.0798. The van der Waals surface area contributed by atoms with Gasteiger partial charge in [0.2, 0.25) is 5.91 Å². The lowest BCUT2D eigenvalue weighted by molar-refractivity contribution is -0.117. The van der Waals surface area contributed by atoms with E-state index in [2.05, 4.69) is 0 Å². The monoisotopic (exact) mass is 305 g/mol. The van der Waals surface area contributed by atoms with E-state index in [4.69, 9.17) is 11.6 Å². The van der Waals surface area contributed by atoms with Gasteiger partial charge in [-0.1, -0.05) is 29.8 Å². The molecular formula is C16H16ClNOS. The van der Waals surface area contributed by atoms with E-state index < -0.39 is 0 Å². The van der Waals surface area contributed by atoms with Crippen LogP contribution in [0.25, 0.3) is 0 Å². The Labute approximate surface area is 128 Å². The zero-order valence-corrected chi connectivity index (χ0v) is 13.0. The molecule has 0 saturated heterocycles. The molecule has 2 nitrogen and oxygen atoms in total. The van der Waals surface area contributed by atoms with Crippen LogP contribution in [0.3, 0.4) is 0 Å². The molecule has 104 valence electrons. The second-order valence-corrected chi connectivity index (χ2v) is 6.30. The number of halogens is 1. The van der Waals surface area contributed by atoms with Crippen LogP contribution in [-0.2, 0) is 4.79 Å². The number of carbonyl (C=O) groups excluding carboxylic acids is 1. The van der Waals surface area contributed by atoms with E-state index in [1.165, 1.54) is 11.8 Å². The highest BCUT2D eigenvalue weighted by Gasteiger charge is 2.19. The molecule has 0 aliphatic rings. The van der Waals surface area contributed by atoms with Crippen LogP contribution in [0.2, 0.25) is 5.02 Å². The van der Waals surface area contributed by atoms with Crippen LogP contribution in [0.5, 0.6) is 0 Å². The fourth-order valence-electron chi connectivity index (χ4n) is 1.82. The molecular weight excluding hydrogens is 290 g/mol. The minimum absolute atomic E-state index is 0.0798. The summed E-state index contributed by atoms with van der Waals surface area (Å²) in [5, 5.41) is 0.552. The summed E-state index contributed by atoms with van der Waals surface area (Å²) in [5.41, 5.74) is 0.904. The van der Waals surface area contributed by atoms with E-state index in [-0.39, 0.29) is 11.2 Å². The van der Waals surface area contributed by atoms with E-state index in [0.29, 0.717) is 5.02 Å². The zero-order chi connectivity index (χ0) is 14.5. The molecule has 0 N–H and O–H groups in total. The number of hydrogen-bond acceptors (Lipinski definition) is 2. The number of thioether (sulfide) groups is 1. The number of carbonyl (C=O) groups is 1. The highest BCUT2D eigenvalue weighted by Crippen LogP contribution is 2.26. The van der Waals surface area contributed by atoms with Gasteiger partial charge in [0, 0.05) is 22.7 Å². The highest BCUT2D eigenvalue weighted by atomic mass is 35.5. The average molecular weight is 306 g/mol. The van der Waals surface area contributed by atoms with E-state index in [1.54, 1.807) is 11.9 Å². The van der Waals surface area contributed by atoms with E-state index in [1.807, 2.05) is 61.5 Å². The molecule has 0 unspecified atom stereocenters. The minimum Gasteiger partial charge on any atom is -0.315 e. The van der Waals surface area contributed by atoms with Crippen molar-refractivity contribution in [2.45, 2.75) is 17.1 Å². The first-order valence-corrected chi connectivity index (χ1v) is 7.58. The van der Waals surface area contributed by atoms with Crippen LogP contribution >= 0.6 is 23.4 Å². The molecule has 0 aromatic heterocycles. The van der Waals surface area contributed by atoms with Crippen LogP contribution in [0, 0.1) is 0 Å². The second kappa shape index (κ2) is 6.82. The molecule has 1 atom stereocenters. The molecule has 0 radical (unpaired) electrons. The first-order chi connectivity index (χ1) is 9.58. The summed E-state index contributed by atoms with van der Waals surface area (Å²) in [6, 6.07) is 17.2. The SMILES string of the molecule is C[C@H](Sc1ccc(Cl)cc1)C(=O)N(C)c1ccccc1. The van der Waals surface area contributed by atoms with Crippen LogP contribution in [0.15, 0.2) is 59.5 Å². The van der Waals surface area contributed by atoms with E-state index in [9.17, 15) is 4.79 Å². The van der Waals surface area contributed by atoms with Crippen molar-refractivity contribution in [1.82, 2.24) is 0 Å². The molecule has 2 rings (SSSR count). The van der Waals surface area contributed by atoms with Gasteiger partial charge in [0.25, 0.3) is 0 Å². The first kappa shape index (κ1) is 14.9. The molecule has 0 aliphatic heterocycles. The normalized spacial score (nSPS) is 11.9. The van der Waals surface area contributed by atoms with Crippen molar-refractivity contribution in [3.8, 4) is 0 Å². The third-order valence-corrected chi connectivity index (χ3v) is 4.30. The predicted molar refractivity (Wildman–Crippen MR) is 86.6 cm³/mol. The van der Waals surface area contributed by atoms with Crippen molar-refractivity contribution in [3.05, 3.63) is 59.6 Å². The van der Waals surface area contributed by atoms with Gasteiger partial charge in [-0.05, 0) is 43.3 Å². The summed E-state index contributed by atoms with van der Waals surface area (Å²) in [6.07, 6.45) is 0.